The average molecular weight is 185 g/mol. The number of anilines is 1. The largest absolute Gasteiger partial charge is 0.362 e. The minimum atomic E-state index is -0.577. The van der Waals surface area contributed by atoms with Gasteiger partial charge in [-0.15, -0.1) is 0 Å². The number of aromatic nitrogens is 1. The first-order chi connectivity index (χ1) is 5.84. The molecule has 0 saturated carbocycles. The summed E-state index contributed by atoms with van der Waals surface area (Å²) in [5.41, 5.74) is 4.87. The molecule has 0 amide bonds. The lowest BCUT2D eigenvalue weighted by atomic mass is 9.91. The SMILES string of the molecule is CC(C)(C)c1noc(N)c1[N+](=O)[O-]. The van der Waals surface area contributed by atoms with Crippen molar-refractivity contribution < 1.29 is 9.45 Å². The second-order valence-electron chi connectivity index (χ2n) is 3.75. The third-order valence-corrected chi connectivity index (χ3v) is 1.59. The van der Waals surface area contributed by atoms with Crippen LogP contribution in [0.5, 0.6) is 0 Å². The molecule has 0 spiro atoms. The molecule has 72 valence electrons. The lowest BCUT2D eigenvalue weighted by Crippen LogP contribution is -2.13. The molecule has 6 heteroatoms. The quantitative estimate of drug-likeness (QED) is 0.527. The van der Waals surface area contributed by atoms with Crippen molar-refractivity contribution in [2.75, 3.05) is 5.73 Å². The molecule has 0 atom stereocenters. The average Bonchev–Trinajstić information content (AvgIpc) is 2.28. The summed E-state index contributed by atoms with van der Waals surface area (Å²) in [5.74, 6) is -0.241. The van der Waals surface area contributed by atoms with Crippen LogP contribution in [0.15, 0.2) is 4.52 Å². The maximum atomic E-state index is 10.6. The summed E-state index contributed by atoms with van der Waals surface area (Å²) in [4.78, 5) is 10.00. The second-order valence-corrected chi connectivity index (χ2v) is 3.75. The van der Waals surface area contributed by atoms with E-state index < -0.39 is 10.3 Å². The van der Waals surface area contributed by atoms with E-state index in [1.54, 1.807) is 20.8 Å². The van der Waals surface area contributed by atoms with Crippen LogP contribution in [0.1, 0.15) is 26.5 Å². The van der Waals surface area contributed by atoms with Crippen LogP contribution in [0.4, 0.5) is 11.6 Å². The number of hydrogen-bond donors (Lipinski definition) is 1. The highest BCUT2D eigenvalue weighted by molar-refractivity contribution is 5.54. The van der Waals surface area contributed by atoms with Crippen molar-refractivity contribution in [3.05, 3.63) is 15.8 Å². The topological polar surface area (TPSA) is 95.2 Å². The highest BCUT2D eigenvalue weighted by Gasteiger charge is 2.33. The van der Waals surface area contributed by atoms with Gasteiger partial charge < -0.3 is 10.3 Å². The van der Waals surface area contributed by atoms with Gasteiger partial charge in [-0.25, -0.2) is 0 Å². The Morgan fingerprint density at radius 1 is 1.54 bits per heavy atom. The molecule has 0 unspecified atom stereocenters. The summed E-state index contributed by atoms with van der Waals surface area (Å²) >= 11 is 0. The van der Waals surface area contributed by atoms with Gasteiger partial charge in [0.05, 0.1) is 4.92 Å². The summed E-state index contributed by atoms with van der Waals surface area (Å²) in [5, 5.41) is 14.1. The van der Waals surface area contributed by atoms with Gasteiger partial charge in [-0.05, 0) is 0 Å². The van der Waals surface area contributed by atoms with Crippen molar-refractivity contribution in [1.29, 1.82) is 0 Å². The number of nitrogen functional groups attached to an aromatic ring is 1. The van der Waals surface area contributed by atoms with Gasteiger partial charge in [0, 0.05) is 5.41 Å². The summed E-state index contributed by atoms with van der Waals surface area (Å²) in [6.07, 6.45) is 0. The lowest BCUT2D eigenvalue weighted by molar-refractivity contribution is -0.385. The fraction of sp³-hybridized carbons (Fsp3) is 0.571. The standard InChI is InChI=1S/C7H11N3O3/c1-7(2,3)5-4(10(11)12)6(8)13-9-5/h8H2,1-3H3. The Hall–Kier alpha value is -1.59. The van der Waals surface area contributed by atoms with E-state index >= 15 is 0 Å². The van der Waals surface area contributed by atoms with Crippen LogP contribution >= 0.6 is 0 Å². The van der Waals surface area contributed by atoms with Gasteiger partial charge in [0.25, 0.3) is 0 Å². The van der Waals surface area contributed by atoms with Gasteiger partial charge in [-0.3, -0.25) is 10.1 Å². The van der Waals surface area contributed by atoms with Gasteiger partial charge >= 0.3 is 11.6 Å². The van der Waals surface area contributed by atoms with Gasteiger partial charge in [-0.1, -0.05) is 25.9 Å². The summed E-state index contributed by atoms with van der Waals surface area (Å²) < 4.78 is 4.57. The van der Waals surface area contributed by atoms with Crippen LogP contribution in [0.3, 0.4) is 0 Å². The number of hydrogen-bond acceptors (Lipinski definition) is 5. The molecule has 2 N–H and O–H groups in total. The first-order valence-electron chi connectivity index (χ1n) is 3.74. The zero-order valence-electron chi connectivity index (χ0n) is 7.70. The molecule has 0 aliphatic heterocycles. The van der Waals surface area contributed by atoms with Crippen LogP contribution in [-0.2, 0) is 5.41 Å². The van der Waals surface area contributed by atoms with E-state index in [1.807, 2.05) is 0 Å². The van der Waals surface area contributed by atoms with E-state index in [0.717, 1.165) is 0 Å². The van der Waals surface area contributed by atoms with E-state index in [2.05, 4.69) is 9.68 Å². The Bertz CT molecular complexity index is 337. The van der Waals surface area contributed by atoms with Crippen molar-refractivity contribution in [3.63, 3.8) is 0 Å². The van der Waals surface area contributed by atoms with Gasteiger partial charge in [0.1, 0.15) is 0 Å². The summed E-state index contributed by atoms with van der Waals surface area (Å²) in [6.45, 7) is 5.41. The molecule has 0 bridgehead atoms. The predicted octanol–water partition coefficient (Wildman–Crippen LogP) is 1.46. The third kappa shape index (κ3) is 1.61. The van der Waals surface area contributed by atoms with E-state index in [9.17, 15) is 10.1 Å². The maximum Gasteiger partial charge on any atom is 0.356 e. The molecule has 0 aliphatic rings. The normalized spacial score (nSPS) is 11.6. The van der Waals surface area contributed by atoms with Crippen molar-refractivity contribution >= 4 is 11.6 Å². The molecule has 0 saturated heterocycles. The van der Waals surface area contributed by atoms with Crippen LogP contribution in [0, 0.1) is 10.1 Å². The van der Waals surface area contributed by atoms with Crippen LogP contribution < -0.4 is 5.73 Å². The minimum Gasteiger partial charge on any atom is -0.362 e. The van der Waals surface area contributed by atoms with Gasteiger partial charge in [0.2, 0.25) is 0 Å². The van der Waals surface area contributed by atoms with E-state index in [0.29, 0.717) is 0 Å². The van der Waals surface area contributed by atoms with Crippen LogP contribution in [0.25, 0.3) is 0 Å². The van der Waals surface area contributed by atoms with E-state index in [1.165, 1.54) is 0 Å². The zero-order chi connectivity index (χ0) is 10.2. The number of nitro groups is 1. The monoisotopic (exact) mass is 185 g/mol. The Kier molecular flexibility index (Phi) is 1.99. The number of rotatable bonds is 1. The Morgan fingerprint density at radius 2 is 2.08 bits per heavy atom. The van der Waals surface area contributed by atoms with Gasteiger partial charge in [-0.2, -0.15) is 0 Å². The Labute approximate surface area is 74.8 Å². The minimum absolute atomic E-state index is 0.229. The summed E-state index contributed by atoms with van der Waals surface area (Å²) in [6, 6.07) is 0. The number of nitrogens with two attached hydrogens (primary N) is 1. The molecular weight excluding hydrogens is 174 g/mol. The highest BCUT2D eigenvalue weighted by atomic mass is 16.6. The molecule has 0 radical (unpaired) electrons. The molecular formula is C7H11N3O3. The molecule has 6 nitrogen and oxygen atoms in total. The highest BCUT2D eigenvalue weighted by Crippen LogP contribution is 2.34. The number of nitrogens with zero attached hydrogens (tertiary/aromatic N) is 2. The van der Waals surface area contributed by atoms with E-state index in [-0.39, 0.29) is 17.3 Å². The smallest absolute Gasteiger partial charge is 0.356 e. The van der Waals surface area contributed by atoms with Crippen molar-refractivity contribution in [2.24, 2.45) is 0 Å². The summed E-state index contributed by atoms with van der Waals surface area (Å²) in [7, 11) is 0. The molecule has 1 aromatic rings. The molecule has 0 aliphatic carbocycles. The molecule has 1 heterocycles. The second kappa shape index (κ2) is 2.72. The van der Waals surface area contributed by atoms with Crippen molar-refractivity contribution in [3.8, 4) is 0 Å². The molecule has 1 aromatic heterocycles. The van der Waals surface area contributed by atoms with Crippen LogP contribution in [0.2, 0.25) is 0 Å². The fourth-order valence-electron chi connectivity index (χ4n) is 0.967. The molecule has 1 rings (SSSR count). The molecule has 0 fully saturated rings. The predicted molar refractivity (Wildman–Crippen MR) is 46.3 cm³/mol. The zero-order valence-corrected chi connectivity index (χ0v) is 7.70. The fourth-order valence-corrected chi connectivity index (χ4v) is 0.967. The molecule has 0 aromatic carbocycles. The first-order valence-corrected chi connectivity index (χ1v) is 3.74. The first kappa shape index (κ1) is 9.50. The maximum absolute atomic E-state index is 10.6. The van der Waals surface area contributed by atoms with E-state index in [4.69, 9.17) is 5.73 Å². The molecule has 13 heavy (non-hydrogen) atoms. The lowest BCUT2D eigenvalue weighted by Gasteiger charge is -2.12. The Morgan fingerprint density at radius 3 is 2.38 bits per heavy atom. The van der Waals surface area contributed by atoms with Crippen molar-refractivity contribution in [2.45, 2.75) is 26.2 Å². The Balaban J connectivity index is 3.31. The third-order valence-electron chi connectivity index (χ3n) is 1.59. The van der Waals surface area contributed by atoms with Crippen LogP contribution in [-0.4, -0.2) is 10.1 Å². The van der Waals surface area contributed by atoms with Crippen molar-refractivity contribution in [1.82, 2.24) is 5.16 Å². The van der Waals surface area contributed by atoms with Gasteiger partial charge in [0.15, 0.2) is 5.69 Å².